The topological polar surface area (TPSA) is 66.1 Å². The van der Waals surface area contributed by atoms with Crippen LogP contribution >= 0.6 is 11.3 Å². The molecule has 0 spiro atoms. The molecule has 1 aliphatic rings. The van der Waals surface area contributed by atoms with Crippen molar-refractivity contribution in [2.45, 2.75) is 18.8 Å². The normalized spacial score (nSPS) is 15.6. The molecule has 1 N–H and O–H groups in total. The first kappa shape index (κ1) is 16.0. The summed E-state index contributed by atoms with van der Waals surface area (Å²) in [6, 6.07) is 5.67. The Balaban J connectivity index is 1.55. The van der Waals surface area contributed by atoms with Crippen molar-refractivity contribution in [3.05, 3.63) is 62.6 Å². The van der Waals surface area contributed by atoms with E-state index in [-0.39, 0.29) is 11.5 Å². The maximum Gasteiger partial charge on any atom is 0.261 e. The van der Waals surface area contributed by atoms with Gasteiger partial charge in [-0.2, -0.15) is 0 Å². The lowest BCUT2D eigenvalue weighted by molar-refractivity contribution is 0.0711. The van der Waals surface area contributed by atoms with Crippen molar-refractivity contribution in [3.63, 3.8) is 0 Å². The maximum atomic E-state index is 13.3. The zero-order chi connectivity index (χ0) is 17.4. The average Bonchev–Trinajstić information content (AvgIpc) is 3.15. The number of pyridine rings is 1. The van der Waals surface area contributed by atoms with E-state index >= 15 is 0 Å². The van der Waals surface area contributed by atoms with Crippen LogP contribution in [0, 0.1) is 5.82 Å². The number of fused-ring (bicyclic) bond motifs is 1. The zero-order valence-electron chi connectivity index (χ0n) is 13.4. The van der Waals surface area contributed by atoms with Crippen LogP contribution < -0.4 is 5.56 Å². The third kappa shape index (κ3) is 3.07. The molecule has 1 aromatic carbocycles. The molecule has 0 unspecified atom stereocenters. The van der Waals surface area contributed by atoms with Crippen molar-refractivity contribution in [1.82, 2.24) is 14.9 Å². The number of amides is 1. The predicted octanol–water partition coefficient (Wildman–Crippen LogP) is 3.14. The summed E-state index contributed by atoms with van der Waals surface area (Å²) in [5.41, 5.74) is 0.0148. The molecule has 1 aliphatic heterocycles. The Morgan fingerprint density at radius 1 is 1.28 bits per heavy atom. The third-order valence-corrected chi connectivity index (χ3v) is 5.56. The molecule has 0 aliphatic carbocycles. The van der Waals surface area contributed by atoms with Crippen LogP contribution in [0.5, 0.6) is 0 Å². The van der Waals surface area contributed by atoms with E-state index in [0.717, 1.165) is 17.8 Å². The van der Waals surface area contributed by atoms with E-state index in [2.05, 4.69) is 9.97 Å². The van der Waals surface area contributed by atoms with Crippen LogP contribution in [-0.4, -0.2) is 33.9 Å². The Morgan fingerprint density at radius 2 is 2.08 bits per heavy atom. The van der Waals surface area contributed by atoms with Crippen LogP contribution in [0.3, 0.4) is 0 Å². The number of H-pyrrole nitrogens is 1. The molecule has 3 heterocycles. The standard InChI is InChI=1S/C18H16FN3O2S/c19-13-2-1-12-9-14(16(23)21-15(12)10-13)18(24)22-6-3-11(4-7-22)17-20-5-8-25-17/h1-2,5,8-11H,3-4,6-7H2,(H,21,23). The second kappa shape index (κ2) is 6.40. The van der Waals surface area contributed by atoms with E-state index in [9.17, 15) is 14.0 Å². The van der Waals surface area contributed by atoms with Gasteiger partial charge in [-0.1, -0.05) is 0 Å². The highest BCUT2D eigenvalue weighted by atomic mass is 32.1. The van der Waals surface area contributed by atoms with Gasteiger partial charge < -0.3 is 9.88 Å². The van der Waals surface area contributed by atoms with Gasteiger partial charge in [0.25, 0.3) is 11.5 Å². The molecular weight excluding hydrogens is 341 g/mol. The largest absolute Gasteiger partial charge is 0.338 e. The third-order valence-electron chi connectivity index (χ3n) is 4.62. The number of aromatic nitrogens is 2. The molecule has 0 bridgehead atoms. The van der Waals surface area contributed by atoms with E-state index in [0.29, 0.717) is 29.9 Å². The number of carbonyl (C=O) groups excluding carboxylic acids is 1. The number of nitrogens with zero attached hydrogens (tertiary/aromatic N) is 2. The number of benzene rings is 1. The molecule has 0 atom stereocenters. The number of nitrogens with one attached hydrogen (secondary N) is 1. The van der Waals surface area contributed by atoms with Crippen LogP contribution in [0.4, 0.5) is 4.39 Å². The van der Waals surface area contributed by atoms with Crippen LogP contribution in [0.1, 0.15) is 34.1 Å². The molecule has 1 fully saturated rings. The zero-order valence-corrected chi connectivity index (χ0v) is 14.2. The SMILES string of the molecule is O=C(c1cc2ccc(F)cc2[nH]c1=O)N1CCC(c2nccs2)CC1. The summed E-state index contributed by atoms with van der Waals surface area (Å²) < 4.78 is 13.3. The summed E-state index contributed by atoms with van der Waals surface area (Å²) in [6.07, 6.45) is 3.49. The number of halogens is 1. The first-order valence-corrected chi connectivity index (χ1v) is 9.01. The highest BCUT2D eigenvalue weighted by Gasteiger charge is 2.27. The Bertz CT molecular complexity index is 976. The number of rotatable bonds is 2. The second-order valence-electron chi connectivity index (χ2n) is 6.18. The fraction of sp³-hybridized carbons (Fsp3) is 0.278. The predicted molar refractivity (Wildman–Crippen MR) is 94.5 cm³/mol. The number of hydrogen-bond acceptors (Lipinski definition) is 4. The van der Waals surface area contributed by atoms with Crippen molar-refractivity contribution < 1.29 is 9.18 Å². The van der Waals surface area contributed by atoms with Gasteiger partial charge in [-0.15, -0.1) is 11.3 Å². The van der Waals surface area contributed by atoms with Crippen molar-refractivity contribution in [2.24, 2.45) is 0 Å². The van der Waals surface area contributed by atoms with E-state index in [1.54, 1.807) is 34.6 Å². The Kier molecular flexibility index (Phi) is 4.09. The molecule has 0 saturated carbocycles. The first-order valence-electron chi connectivity index (χ1n) is 8.13. The molecule has 128 valence electrons. The van der Waals surface area contributed by atoms with Gasteiger partial charge in [-0.25, -0.2) is 9.37 Å². The fourth-order valence-corrected chi connectivity index (χ4v) is 4.08. The van der Waals surface area contributed by atoms with Crippen LogP contribution in [0.2, 0.25) is 0 Å². The maximum absolute atomic E-state index is 13.3. The summed E-state index contributed by atoms with van der Waals surface area (Å²) >= 11 is 1.64. The lowest BCUT2D eigenvalue weighted by Gasteiger charge is -2.31. The molecule has 3 aromatic rings. The van der Waals surface area contributed by atoms with Gasteiger partial charge in [0.05, 0.1) is 10.5 Å². The quantitative estimate of drug-likeness (QED) is 0.766. The van der Waals surface area contributed by atoms with Gasteiger partial charge in [0.2, 0.25) is 0 Å². The van der Waals surface area contributed by atoms with Gasteiger partial charge in [-0.3, -0.25) is 9.59 Å². The highest BCUT2D eigenvalue weighted by molar-refractivity contribution is 7.09. The van der Waals surface area contributed by atoms with Gasteiger partial charge in [0, 0.05) is 30.6 Å². The fourth-order valence-electron chi connectivity index (χ4n) is 3.27. The number of piperidine rings is 1. The van der Waals surface area contributed by atoms with Gasteiger partial charge >= 0.3 is 0 Å². The lowest BCUT2D eigenvalue weighted by atomic mass is 9.97. The van der Waals surface area contributed by atoms with E-state index in [4.69, 9.17) is 0 Å². The summed E-state index contributed by atoms with van der Waals surface area (Å²) in [4.78, 5) is 33.7. The van der Waals surface area contributed by atoms with Crippen molar-refractivity contribution >= 4 is 28.1 Å². The first-order chi connectivity index (χ1) is 12.1. The average molecular weight is 357 g/mol. The van der Waals surface area contributed by atoms with Crippen LogP contribution in [0.25, 0.3) is 10.9 Å². The van der Waals surface area contributed by atoms with Gasteiger partial charge in [-0.05, 0) is 42.5 Å². The van der Waals surface area contributed by atoms with E-state index in [1.165, 1.54) is 12.1 Å². The molecule has 4 rings (SSSR count). The van der Waals surface area contributed by atoms with Crippen LogP contribution in [-0.2, 0) is 0 Å². The number of likely N-dealkylation sites (tertiary alicyclic amines) is 1. The Hall–Kier alpha value is -2.54. The Labute approximate surface area is 147 Å². The minimum atomic E-state index is -0.481. The van der Waals surface area contributed by atoms with E-state index in [1.807, 2.05) is 5.38 Å². The molecule has 7 heteroatoms. The van der Waals surface area contributed by atoms with Crippen molar-refractivity contribution in [1.29, 1.82) is 0 Å². The summed E-state index contributed by atoms with van der Waals surface area (Å²) in [5.74, 6) is -0.321. The minimum Gasteiger partial charge on any atom is -0.338 e. The van der Waals surface area contributed by atoms with Gasteiger partial charge in [0.15, 0.2) is 0 Å². The van der Waals surface area contributed by atoms with Crippen molar-refractivity contribution in [2.75, 3.05) is 13.1 Å². The second-order valence-corrected chi connectivity index (χ2v) is 7.11. The molecule has 1 amide bonds. The Morgan fingerprint density at radius 3 is 2.80 bits per heavy atom. The lowest BCUT2D eigenvalue weighted by Crippen LogP contribution is -2.40. The molecule has 2 aromatic heterocycles. The van der Waals surface area contributed by atoms with E-state index < -0.39 is 11.4 Å². The van der Waals surface area contributed by atoms with Gasteiger partial charge in [0.1, 0.15) is 11.4 Å². The number of aromatic amines is 1. The summed E-state index contributed by atoms with van der Waals surface area (Å²) in [5, 5.41) is 3.71. The molecule has 0 radical (unpaired) electrons. The number of thiazole rings is 1. The summed E-state index contributed by atoms with van der Waals surface area (Å²) in [7, 11) is 0. The monoisotopic (exact) mass is 357 g/mol. The molecular formula is C18H16FN3O2S. The molecule has 1 saturated heterocycles. The van der Waals surface area contributed by atoms with Crippen LogP contribution in [0.15, 0.2) is 40.6 Å². The number of hydrogen-bond donors (Lipinski definition) is 1. The highest BCUT2D eigenvalue weighted by Crippen LogP contribution is 2.29. The van der Waals surface area contributed by atoms with Crippen molar-refractivity contribution in [3.8, 4) is 0 Å². The molecule has 5 nitrogen and oxygen atoms in total. The number of carbonyl (C=O) groups is 1. The smallest absolute Gasteiger partial charge is 0.261 e. The minimum absolute atomic E-state index is 0.104. The molecule has 25 heavy (non-hydrogen) atoms. The summed E-state index contributed by atoms with van der Waals surface area (Å²) in [6.45, 7) is 1.20.